The SMILES string of the molecule is O=C(Nc1cccc(C2CC2)n1)C1CC(F)CN1. The first-order chi connectivity index (χ1) is 8.72. The fraction of sp³-hybridized carbons (Fsp3) is 0.538. The number of hydrogen-bond acceptors (Lipinski definition) is 3. The lowest BCUT2D eigenvalue weighted by Crippen LogP contribution is -2.35. The zero-order valence-corrected chi connectivity index (χ0v) is 10.0. The molecule has 0 bridgehead atoms. The fourth-order valence-corrected chi connectivity index (χ4v) is 2.23. The molecule has 18 heavy (non-hydrogen) atoms. The van der Waals surface area contributed by atoms with Crippen molar-refractivity contribution in [1.82, 2.24) is 10.3 Å². The molecule has 4 nitrogen and oxygen atoms in total. The molecule has 2 fully saturated rings. The molecular formula is C13H16FN3O. The first-order valence-corrected chi connectivity index (χ1v) is 6.37. The van der Waals surface area contributed by atoms with Crippen LogP contribution in [0.5, 0.6) is 0 Å². The monoisotopic (exact) mass is 249 g/mol. The van der Waals surface area contributed by atoms with Crippen molar-refractivity contribution in [3.63, 3.8) is 0 Å². The van der Waals surface area contributed by atoms with Crippen molar-refractivity contribution < 1.29 is 9.18 Å². The Balaban J connectivity index is 1.64. The highest BCUT2D eigenvalue weighted by Crippen LogP contribution is 2.39. The molecular weight excluding hydrogens is 233 g/mol. The van der Waals surface area contributed by atoms with E-state index in [1.807, 2.05) is 12.1 Å². The smallest absolute Gasteiger partial charge is 0.242 e. The van der Waals surface area contributed by atoms with Gasteiger partial charge in [0.05, 0.1) is 6.04 Å². The summed E-state index contributed by atoms with van der Waals surface area (Å²) in [6, 6.07) is 5.21. The molecule has 1 amide bonds. The van der Waals surface area contributed by atoms with Crippen molar-refractivity contribution in [3.8, 4) is 0 Å². The maximum atomic E-state index is 13.0. The van der Waals surface area contributed by atoms with Crippen molar-refractivity contribution in [2.75, 3.05) is 11.9 Å². The number of nitrogens with one attached hydrogen (secondary N) is 2. The maximum Gasteiger partial charge on any atom is 0.242 e. The Morgan fingerprint density at radius 2 is 2.28 bits per heavy atom. The van der Waals surface area contributed by atoms with Crippen LogP contribution in [-0.4, -0.2) is 29.6 Å². The first-order valence-electron chi connectivity index (χ1n) is 6.37. The third-order valence-corrected chi connectivity index (χ3v) is 3.41. The molecule has 1 aromatic heterocycles. The van der Waals surface area contributed by atoms with Crippen LogP contribution in [0.2, 0.25) is 0 Å². The quantitative estimate of drug-likeness (QED) is 0.855. The maximum absolute atomic E-state index is 13.0. The molecule has 1 aliphatic carbocycles. The lowest BCUT2D eigenvalue weighted by atomic mass is 10.2. The van der Waals surface area contributed by atoms with E-state index in [-0.39, 0.29) is 18.9 Å². The van der Waals surface area contributed by atoms with Gasteiger partial charge in [-0.25, -0.2) is 9.37 Å². The van der Waals surface area contributed by atoms with Crippen molar-refractivity contribution in [2.45, 2.75) is 37.4 Å². The number of anilines is 1. The van der Waals surface area contributed by atoms with Crippen molar-refractivity contribution >= 4 is 11.7 Å². The van der Waals surface area contributed by atoms with E-state index in [2.05, 4.69) is 15.6 Å². The largest absolute Gasteiger partial charge is 0.309 e. The van der Waals surface area contributed by atoms with Crippen LogP contribution in [0.3, 0.4) is 0 Å². The minimum atomic E-state index is -0.925. The summed E-state index contributed by atoms with van der Waals surface area (Å²) in [5, 5.41) is 5.61. The number of carbonyl (C=O) groups is 1. The van der Waals surface area contributed by atoms with Gasteiger partial charge in [0, 0.05) is 24.6 Å². The topological polar surface area (TPSA) is 54.0 Å². The van der Waals surface area contributed by atoms with E-state index in [9.17, 15) is 9.18 Å². The lowest BCUT2D eigenvalue weighted by Gasteiger charge is -2.10. The van der Waals surface area contributed by atoms with Crippen LogP contribution in [0.15, 0.2) is 18.2 Å². The van der Waals surface area contributed by atoms with Gasteiger partial charge < -0.3 is 10.6 Å². The van der Waals surface area contributed by atoms with Crippen molar-refractivity contribution in [2.24, 2.45) is 0 Å². The van der Waals surface area contributed by atoms with Gasteiger partial charge in [0.1, 0.15) is 12.0 Å². The van der Waals surface area contributed by atoms with Crippen LogP contribution < -0.4 is 10.6 Å². The van der Waals surface area contributed by atoms with Gasteiger partial charge in [-0.1, -0.05) is 6.07 Å². The number of carbonyl (C=O) groups excluding carboxylic acids is 1. The summed E-state index contributed by atoms with van der Waals surface area (Å²) in [6.07, 6.45) is 1.68. The number of amides is 1. The molecule has 3 rings (SSSR count). The molecule has 1 saturated heterocycles. The molecule has 2 N–H and O–H groups in total. The predicted molar refractivity (Wildman–Crippen MR) is 66.1 cm³/mol. The van der Waals surface area contributed by atoms with Gasteiger partial charge >= 0.3 is 0 Å². The van der Waals surface area contributed by atoms with Gasteiger partial charge in [0.2, 0.25) is 5.91 Å². The number of halogens is 1. The van der Waals surface area contributed by atoms with Crippen LogP contribution >= 0.6 is 0 Å². The molecule has 0 aromatic carbocycles. The second kappa shape index (κ2) is 4.65. The Morgan fingerprint density at radius 3 is 2.94 bits per heavy atom. The fourth-order valence-electron chi connectivity index (χ4n) is 2.23. The van der Waals surface area contributed by atoms with E-state index in [1.54, 1.807) is 6.07 Å². The Bertz CT molecular complexity index is 461. The highest BCUT2D eigenvalue weighted by molar-refractivity contribution is 5.94. The number of alkyl halides is 1. The molecule has 5 heteroatoms. The van der Waals surface area contributed by atoms with E-state index in [0.29, 0.717) is 11.7 Å². The Morgan fingerprint density at radius 1 is 1.44 bits per heavy atom. The summed E-state index contributed by atoms with van der Waals surface area (Å²) in [4.78, 5) is 16.3. The molecule has 2 atom stereocenters. The summed E-state index contributed by atoms with van der Waals surface area (Å²) in [7, 11) is 0. The van der Waals surface area contributed by atoms with Crippen LogP contribution in [-0.2, 0) is 4.79 Å². The van der Waals surface area contributed by atoms with E-state index in [0.717, 1.165) is 5.69 Å². The molecule has 2 unspecified atom stereocenters. The summed E-state index contributed by atoms with van der Waals surface area (Å²) in [5.41, 5.74) is 1.04. The number of hydrogen-bond donors (Lipinski definition) is 2. The van der Waals surface area contributed by atoms with Crippen LogP contribution in [0, 0.1) is 0 Å². The third-order valence-electron chi connectivity index (χ3n) is 3.41. The minimum Gasteiger partial charge on any atom is -0.309 e. The molecule has 2 aliphatic rings. The molecule has 0 radical (unpaired) electrons. The highest BCUT2D eigenvalue weighted by Gasteiger charge is 2.30. The van der Waals surface area contributed by atoms with E-state index in [1.165, 1.54) is 12.8 Å². The molecule has 2 heterocycles. The average molecular weight is 249 g/mol. The average Bonchev–Trinajstić information content (AvgIpc) is 3.12. The minimum absolute atomic E-state index is 0.199. The molecule has 96 valence electrons. The zero-order valence-electron chi connectivity index (χ0n) is 10.0. The van der Waals surface area contributed by atoms with Crippen LogP contribution in [0.1, 0.15) is 30.9 Å². The second-order valence-corrected chi connectivity index (χ2v) is 5.01. The highest BCUT2D eigenvalue weighted by atomic mass is 19.1. The standard InChI is InChI=1S/C13H16FN3O/c14-9-6-11(15-7-9)13(18)17-12-3-1-2-10(16-12)8-4-5-8/h1-3,8-9,11,15H,4-7H2,(H,16,17,18). The molecule has 1 aromatic rings. The summed E-state index contributed by atoms with van der Waals surface area (Å²) in [5.74, 6) is 0.922. The Labute approximate surface area is 105 Å². The number of rotatable bonds is 3. The Kier molecular flexibility index (Phi) is 2.99. The van der Waals surface area contributed by atoms with Gasteiger partial charge in [-0.2, -0.15) is 0 Å². The summed E-state index contributed by atoms with van der Waals surface area (Å²) < 4.78 is 13.0. The summed E-state index contributed by atoms with van der Waals surface area (Å²) in [6.45, 7) is 0.258. The third kappa shape index (κ3) is 2.51. The number of pyridine rings is 1. The Hall–Kier alpha value is -1.49. The second-order valence-electron chi connectivity index (χ2n) is 5.01. The zero-order chi connectivity index (χ0) is 12.5. The molecule has 1 saturated carbocycles. The number of aromatic nitrogens is 1. The molecule has 1 aliphatic heterocycles. The normalized spacial score (nSPS) is 27.2. The summed E-state index contributed by atoms with van der Waals surface area (Å²) >= 11 is 0. The van der Waals surface area contributed by atoms with E-state index >= 15 is 0 Å². The van der Waals surface area contributed by atoms with Gasteiger partial charge in [-0.05, 0) is 25.0 Å². The van der Waals surface area contributed by atoms with Crippen molar-refractivity contribution in [1.29, 1.82) is 0 Å². The van der Waals surface area contributed by atoms with E-state index in [4.69, 9.17) is 0 Å². The van der Waals surface area contributed by atoms with Crippen LogP contribution in [0.4, 0.5) is 10.2 Å². The molecule has 0 spiro atoms. The van der Waals surface area contributed by atoms with E-state index < -0.39 is 12.2 Å². The number of nitrogens with zero attached hydrogens (tertiary/aromatic N) is 1. The van der Waals surface area contributed by atoms with Gasteiger partial charge in [0.15, 0.2) is 0 Å². The predicted octanol–water partition coefficient (Wildman–Crippen LogP) is 1.60. The van der Waals surface area contributed by atoms with Gasteiger partial charge in [0.25, 0.3) is 0 Å². The first kappa shape index (κ1) is 11.6. The lowest BCUT2D eigenvalue weighted by molar-refractivity contribution is -0.117. The van der Waals surface area contributed by atoms with Gasteiger partial charge in [-0.15, -0.1) is 0 Å². The van der Waals surface area contributed by atoms with Gasteiger partial charge in [-0.3, -0.25) is 4.79 Å². The van der Waals surface area contributed by atoms with Crippen LogP contribution in [0.25, 0.3) is 0 Å². The van der Waals surface area contributed by atoms with Crippen molar-refractivity contribution in [3.05, 3.63) is 23.9 Å².